The molecule has 0 spiro atoms. The maximum atomic E-state index is 13.5. The molecule has 0 bridgehead atoms. The topological polar surface area (TPSA) is 102 Å². The number of rotatable bonds is 6. The van der Waals surface area contributed by atoms with Gasteiger partial charge in [0.05, 0.1) is 21.7 Å². The van der Waals surface area contributed by atoms with Crippen LogP contribution in [0.25, 0.3) is 10.6 Å². The normalized spacial score (nSPS) is 12.4. The number of alkyl halides is 3. The third-order valence-electron chi connectivity index (χ3n) is 3.74. The Bertz CT molecular complexity index is 1100. The number of hydrogen-bond acceptors (Lipinski definition) is 8. The first-order chi connectivity index (χ1) is 14.2. The first-order valence-electron chi connectivity index (χ1n) is 8.50. The molecule has 3 aromatic heterocycles. The van der Waals surface area contributed by atoms with Crippen LogP contribution in [0, 0.1) is 11.3 Å². The Balaban J connectivity index is 1.91. The Labute approximate surface area is 177 Å². The number of halogens is 3. The lowest BCUT2D eigenvalue weighted by molar-refractivity contribution is -0.779. The van der Waals surface area contributed by atoms with Crippen LogP contribution in [0.3, 0.4) is 0 Å². The van der Waals surface area contributed by atoms with Crippen molar-refractivity contribution in [1.29, 1.82) is 5.26 Å². The average Bonchev–Trinajstić information content (AvgIpc) is 3.37. The van der Waals surface area contributed by atoms with E-state index in [1.807, 2.05) is 13.8 Å². The van der Waals surface area contributed by atoms with Crippen LogP contribution in [0.4, 0.5) is 19.1 Å². The fourth-order valence-electron chi connectivity index (χ4n) is 2.34. The first kappa shape index (κ1) is 21.8. The van der Waals surface area contributed by atoms with Crippen molar-refractivity contribution >= 4 is 34.9 Å². The van der Waals surface area contributed by atoms with E-state index in [-0.39, 0.29) is 28.4 Å². The molecule has 0 fully saturated rings. The van der Waals surface area contributed by atoms with Gasteiger partial charge in [-0.2, -0.15) is 18.4 Å². The largest absolute Gasteiger partial charge is 0.861 e. The van der Waals surface area contributed by atoms with Crippen molar-refractivity contribution in [1.82, 2.24) is 10.3 Å². The molecule has 0 aromatic carbocycles. The number of thioether (sulfide) groups is 1. The second-order valence-electron chi connectivity index (χ2n) is 6.23. The Morgan fingerprint density at radius 2 is 2.23 bits per heavy atom. The van der Waals surface area contributed by atoms with E-state index in [9.17, 15) is 23.5 Å². The van der Waals surface area contributed by atoms with Crippen molar-refractivity contribution < 1.29 is 27.5 Å². The third-order valence-corrected chi connectivity index (χ3v) is 5.60. The van der Waals surface area contributed by atoms with Gasteiger partial charge in [-0.3, -0.25) is 4.52 Å². The Kier molecular flexibility index (Phi) is 6.42. The molecule has 7 nitrogen and oxygen atoms in total. The van der Waals surface area contributed by atoms with E-state index in [4.69, 9.17) is 4.52 Å². The predicted molar refractivity (Wildman–Crippen MR) is 102 cm³/mol. The maximum Gasteiger partial charge on any atom is 0.417 e. The van der Waals surface area contributed by atoms with E-state index in [0.717, 1.165) is 6.07 Å². The molecule has 0 aliphatic heterocycles. The van der Waals surface area contributed by atoms with Gasteiger partial charge in [0.1, 0.15) is 11.1 Å². The monoisotopic (exact) mass is 453 g/mol. The summed E-state index contributed by atoms with van der Waals surface area (Å²) in [4.78, 5) is 8.44. The molecule has 12 heteroatoms. The van der Waals surface area contributed by atoms with Crippen molar-refractivity contribution in [3.8, 4) is 16.6 Å². The number of nitriles is 1. The molecule has 0 radical (unpaired) electrons. The molecule has 0 N–H and O–H groups in total. The minimum absolute atomic E-state index is 0.00495. The quantitative estimate of drug-likeness (QED) is 0.244. The standard InChI is InChI=1S/C18H14F3N5O2S2/c1-10(2)26-8-16(28-25-26)24-15(27)9-30-17-11(7-22)12(18(19,20)21)6-13(23-17)14-4-3-5-29-14/h3-6,8,10H,9H2,1-2H3. The maximum absolute atomic E-state index is 13.5. The molecular weight excluding hydrogens is 439 g/mol. The van der Waals surface area contributed by atoms with Crippen molar-refractivity contribution in [2.45, 2.75) is 31.1 Å². The molecule has 3 heterocycles. The summed E-state index contributed by atoms with van der Waals surface area (Å²) in [5, 5.41) is 26.7. The van der Waals surface area contributed by atoms with Crippen molar-refractivity contribution in [2.24, 2.45) is 4.99 Å². The average molecular weight is 453 g/mol. The molecule has 0 saturated heterocycles. The highest BCUT2D eigenvalue weighted by Crippen LogP contribution is 2.38. The van der Waals surface area contributed by atoms with Gasteiger partial charge in [-0.15, -0.1) is 11.3 Å². The molecule has 0 atom stereocenters. The zero-order chi connectivity index (χ0) is 21.9. The van der Waals surface area contributed by atoms with Gasteiger partial charge >= 0.3 is 12.1 Å². The molecule has 3 aromatic rings. The van der Waals surface area contributed by atoms with E-state index >= 15 is 0 Å². The Hall–Kier alpha value is -2.91. The number of thiophene rings is 1. The molecule has 3 rings (SSSR count). The molecule has 0 aliphatic carbocycles. The summed E-state index contributed by atoms with van der Waals surface area (Å²) in [7, 11) is 0. The first-order valence-corrected chi connectivity index (χ1v) is 10.4. The Morgan fingerprint density at radius 3 is 2.80 bits per heavy atom. The van der Waals surface area contributed by atoms with Crippen LogP contribution in [0.1, 0.15) is 31.0 Å². The van der Waals surface area contributed by atoms with E-state index in [0.29, 0.717) is 16.6 Å². The third kappa shape index (κ3) is 4.98. The molecule has 156 valence electrons. The van der Waals surface area contributed by atoms with Crippen molar-refractivity contribution in [3.63, 3.8) is 0 Å². The zero-order valence-corrected chi connectivity index (χ0v) is 17.3. The van der Waals surface area contributed by atoms with E-state index in [1.165, 1.54) is 22.2 Å². The minimum atomic E-state index is -4.74. The van der Waals surface area contributed by atoms with E-state index < -0.39 is 23.2 Å². The van der Waals surface area contributed by atoms with Gasteiger partial charge in [-0.1, -0.05) is 17.8 Å². The number of nitrogens with zero attached hydrogens (tertiary/aromatic N) is 5. The second kappa shape index (κ2) is 8.85. The van der Waals surface area contributed by atoms with Crippen LogP contribution in [-0.4, -0.2) is 21.9 Å². The van der Waals surface area contributed by atoms with Crippen LogP contribution in [-0.2, 0) is 6.18 Å². The molecule has 0 saturated carbocycles. The molecule has 0 aliphatic rings. The minimum Gasteiger partial charge on any atom is -0.861 e. The number of aromatic nitrogens is 3. The summed E-state index contributed by atoms with van der Waals surface area (Å²) in [6, 6.07) is 5.72. The smallest absolute Gasteiger partial charge is 0.417 e. The van der Waals surface area contributed by atoms with Crippen LogP contribution in [0.15, 0.2) is 44.3 Å². The second-order valence-corrected chi connectivity index (χ2v) is 8.14. The molecule has 0 unspecified atom stereocenters. The summed E-state index contributed by atoms with van der Waals surface area (Å²) < 4.78 is 46.9. The van der Waals surface area contributed by atoms with E-state index in [1.54, 1.807) is 23.6 Å². The van der Waals surface area contributed by atoms with Crippen molar-refractivity contribution in [3.05, 3.63) is 40.9 Å². The van der Waals surface area contributed by atoms with Gasteiger partial charge in [-0.25, -0.2) is 9.98 Å². The SMILES string of the molecule is CC(C)[n+]1cc(/N=C(/[O-])CSc2nc(-c3cccs3)cc(C(F)(F)F)c2C#N)on1. The lowest BCUT2D eigenvalue weighted by Gasteiger charge is -2.14. The van der Waals surface area contributed by atoms with Gasteiger partial charge in [-0.05, 0) is 41.9 Å². The summed E-state index contributed by atoms with van der Waals surface area (Å²) in [6.45, 7) is 3.72. The van der Waals surface area contributed by atoms with Gasteiger partial charge in [0.15, 0.2) is 6.04 Å². The van der Waals surface area contributed by atoms with Crippen molar-refractivity contribution in [2.75, 3.05) is 5.75 Å². The highest BCUT2D eigenvalue weighted by molar-refractivity contribution is 7.99. The van der Waals surface area contributed by atoms with E-state index in [2.05, 4.69) is 15.2 Å². The fraction of sp³-hybridized carbons (Fsp3) is 0.278. The molecule has 30 heavy (non-hydrogen) atoms. The number of pyridine rings is 1. The summed E-state index contributed by atoms with van der Waals surface area (Å²) >= 11 is 1.93. The van der Waals surface area contributed by atoms with Gasteiger partial charge in [0.2, 0.25) is 5.27 Å². The highest BCUT2D eigenvalue weighted by Gasteiger charge is 2.36. The number of aliphatic imine (C=N–C) groups is 1. The zero-order valence-electron chi connectivity index (χ0n) is 15.7. The summed E-state index contributed by atoms with van der Waals surface area (Å²) in [5.74, 6) is -1.01. The van der Waals surface area contributed by atoms with Crippen LogP contribution in [0.5, 0.6) is 0 Å². The lowest BCUT2D eigenvalue weighted by atomic mass is 10.1. The number of hydrogen-bond donors (Lipinski definition) is 0. The Morgan fingerprint density at radius 1 is 1.47 bits per heavy atom. The molecular formula is C18H14F3N5O2S2. The van der Waals surface area contributed by atoms with Gasteiger partial charge < -0.3 is 5.11 Å². The summed E-state index contributed by atoms with van der Waals surface area (Å²) in [5.41, 5.74) is -1.64. The predicted octanol–water partition coefficient (Wildman–Crippen LogP) is 3.74. The fourth-order valence-corrected chi connectivity index (χ4v) is 3.81. The van der Waals surface area contributed by atoms with Crippen LogP contribution >= 0.6 is 23.1 Å². The van der Waals surface area contributed by atoms with Crippen LogP contribution < -0.4 is 9.79 Å². The van der Waals surface area contributed by atoms with Crippen LogP contribution in [0.2, 0.25) is 0 Å². The van der Waals surface area contributed by atoms with Gasteiger partial charge in [0, 0.05) is 5.75 Å². The molecule has 0 amide bonds. The lowest BCUT2D eigenvalue weighted by Crippen LogP contribution is -2.36. The van der Waals surface area contributed by atoms with Gasteiger partial charge in [0.25, 0.3) is 6.20 Å². The summed E-state index contributed by atoms with van der Waals surface area (Å²) in [6.07, 6.45) is -3.31. The highest BCUT2D eigenvalue weighted by atomic mass is 32.2.